The molecule has 1 aromatic carbocycles. The molecule has 0 saturated heterocycles. The van der Waals surface area contributed by atoms with Gasteiger partial charge in [-0.05, 0) is 26.8 Å². The van der Waals surface area contributed by atoms with Crippen molar-refractivity contribution in [3.63, 3.8) is 0 Å². The highest BCUT2D eigenvalue weighted by atomic mass is 16.6. The zero-order valence-electron chi connectivity index (χ0n) is 14.4. The monoisotopic (exact) mass is 344 g/mol. The normalized spacial score (nSPS) is 15.3. The van der Waals surface area contributed by atoms with Gasteiger partial charge < -0.3 is 19.9 Å². The summed E-state index contributed by atoms with van der Waals surface area (Å²) in [5.74, 6) is -0.316. The first-order chi connectivity index (χ1) is 11.7. The van der Waals surface area contributed by atoms with Gasteiger partial charge in [0.1, 0.15) is 17.2 Å². The number of fused-ring (bicyclic) bond motifs is 1. The molecule has 2 rings (SSSR count). The van der Waals surface area contributed by atoms with Crippen LogP contribution in [0.5, 0.6) is 11.5 Å². The fourth-order valence-electron chi connectivity index (χ4n) is 2.47. The number of para-hydroxylation sites is 1. The number of hydrogen-bond acceptors (Lipinski definition) is 7. The van der Waals surface area contributed by atoms with Crippen LogP contribution in [0.4, 0.5) is 0 Å². The van der Waals surface area contributed by atoms with Gasteiger partial charge in [-0.25, -0.2) is 4.79 Å². The van der Waals surface area contributed by atoms with Crippen LogP contribution in [-0.2, 0) is 20.7 Å². The van der Waals surface area contributed by atoms with Crippen molar-refractivity contribution in [2.24, 2.45) is 5.73 Å². The van der Waals surface area contributed by atoms with Gasteiger partial charge in [0.05, 0.1) is 0 Å². The Kier molecular flexibility index (Phi) is 5.32. The summed E-state index contributed by atoms with van der Waals surface area (Å²) in [5.41, 5.74) is 5.97. The van der Waals surface area contributed by atoms with E-state index >= 15 is 0 Å². The van der Waals surface area contributed by atoms with E-state index in [0.717, 1.165) is 12.0 Å². The number of rotatable bonds is 6. The second-order valence-electron chi connectivity index (χ2n) is 6.33. The lowest BCUT2D eigenvalue weighted by atomic mass is 10.0. The number of ketones is 1. The molecular formula is C18H20N2O5. The number of nitrogens with two attached hydrogens (primary N) is 1. The summed E-state index contributed by atoms with van der Waals surface area (Å²) in [5, 5.41) is 8.83. The standard InChI is InChI=1S/C18H20N2O5/c1-11(20)13(8-19)14(21)9-24-16(22)10-23-15-6-4-5-12-7-18(2,3)25-17(12)15/h4-6H,7,9-10,20H2,1-3H3/b13-11+. The van der Waals surface area contributed by atoms with Crippen LogP contribution in [0.2, 0.25) is 0 Å². The summed E-state index contributed by atoms with van der Waals surface area (Å²) < 4.78 is 16.1. The first kappa shape index (κ1) is 18.3. The van der Waals surface area contributed by atoms with E-state index in [0.29, 0.717) is 11.5 Å². The third-order valence-corrected chi connectivity index (χ3v) is 3.55. The van der Waals surface area contributed by atoms with Crippen LogP contribution in [-0.4, -0.2) is 30.6 Å². The number of allylic oxidation sites excluding steroid dienone is 1. The minimum atomic E-state index is -0.727. The summed E-state index contributed by atoms with van der Waals surface area (Å²) in [6.07, 6.45) is 0.750. The molecule has 2 N–H and O–H groups in total. The quantitative estimate of drug-likeness (QED) is 0.474. The van der Waals surface area contributed by atoms with Gasteiger partial charge in [0.15, 0.2) is 24.7 Å². The Balaban J connectivity index is 1.91. The largest absolute Gasteiger partial charge is 0.483 e. The summed E-state index contributed by atoms with van der Waals surface area (Å²) in [7, 11) is 0. The van der Waals surface area contributed by atoms with Gasteiger partial charge in [-0.15, -0.1) is 0 Å². The van der Waals surface area contributed by atoms with Crippen LogP contribution in [0.3, 0.4) is 0 Å². The molecule has 7 heteroatoms. The van der Waals surface area contributed by atoms with E-state index in [1.807, 2.05) is 26.0 Å². The number of ether oxygens (including phenoxy) is 3. The summed E-state index contributed by atoms with van der Waals surface area (Å²) in [4.78, 5) is 23.5. The Morgan fingerprint density at radius 3 is 2.72 bits per heavy atom. The molecule has 1 aromatic rings. The maximum absolute atomic E-state index is 11.8. The highest BCUT2D eigenvalue weighted by molar-refractivity contribution is 6.01. The SMILES string of the molecule is C/C(N)=C(/C#N)C(=O)COC(=O)COc1cccc2c1OC(C)(C)C2. The number of Topliss-reactive ketones (excluding diaryl/α,β-unsaturated/α-hetero) is 1. The summed E-state index contributed by atoms with van der Waals surface area (Å²) in [6.45, 7) is 4.43. The highest BCUT2D eigenvalue weighted by Gasteiger charge is 2.32. The number of benzene rings is 1. The molecule has 0 spiro atoms. The average molecular weight is 344 g/mol. The fraction of sp³-hybridized carbons (Fsp3) is 0.389. The van der Waals surface area contributed by atoms with Crippen molar-refractivity contribution < 1.29 is 23.8 Å². The molecule has 132 valence electrons. The number of esters is 1. The highest BCUT2D eigenvalue weighted by Crippen LogP contribution is 2.41. The minimum Gasteiger partial charge on any atom is -0.483 e. The Hall–Kier alpha value is -3.01. The van der Waals surface area contributed by atoms with E-state index in [9.17, 15) is 9.59 Å². The van der Waals surface area contributed by atoms with Gasteiger partial charge in [-0.3, -0.25) is 4.79 Å². The summed E-state index contributed by atoms with van der Waals surface area (Å²) >= 11 is 0. The second kappa shape index (κ2) is 7.26. The van der Waals surface area contributed by atoms with E-state index < -0.39 is 18.4 Å². The molecule has 25 heavy (non-hydrogen) atoms. The molecule has 0 bridgehead atoms. The van der Waals surface area contributed by atoms with Crippen molar-refractivity contribution in [2.75, 3.05) is 13.2 Å². The average Bonchev–Trinajstić information content (AvgIpc) is 2.85. The van der Waals surface area contributed by atoms with Crippen LogP contribution in [0, 0.1) is 11.3 Å². The molecule has 0 unspecified atom stereocenters. The van der Waals surface area contributed by atoms with Crippen molar-refractivity contribution in [3.05, 3.63) is 35.0 Å². The number of nitrogens with zero attached hydrogens (tertiary/aromatic N) is 1. The first-order valence-corrected chi connectivity index (χ1v) is 7.72. The molecule has 0 aromatic heterocycles. The van der Waals surface area contributed by atoms with Crippen molar-refractivity contribution in [3.8, 4) is 17.6 Å². The Morgan fingerprint density at radius 1 is 1.36 bits per heavy atom. The predicted octanol–water partition coefficient (Wildman–Crippen LogP) is 1.65. The number of nitriles is 1. The molecule has 0 atom stereocenters. The van der Waals surface area contributed by atoms with Crippen LogP contribution < -0.4 is 15.2 Å². The second-order valence-corrected chi connectivity index (χ2v) is 6.33. The number of hydrogen-bond donors (Lipinski definition) is 1. The maximum atomic E-state index is 11.8. The van der Waals surface area contributed by atoms with Gasteiger partial charge in [0.25, 0.3) is 0 Å². The molecule has 0 radical (unpaired) electrons. The van der Waals surface area contributed by atoms with Crippen molar-refractivity contribution >= 4 is 11.8 Å². The topological polar surface area (TPSA) is 112 Å². The van der Waals surface area contributed by atoms with Crippen LogP contribution in [0.1, 0.15) is 26.3 Å². The lowest BCUT2D eigenvalue weighted by Crippen LogP contribution is -2.25. The molecule has 0 saturated carbocycles. The van der Waals surface area contributed by atoms with Gasteiger partial charge in [-0.2, -0.15) is 5.26 Å². The molecule has 0 aliphatic carbocycles. The Bertz CT molecular complexity index is 770. The van der Waals surface area contributed by atoms with Gasteiger partial charge >= 0.3 is 5.97 Å². The van der Waals surface area contributed by atoms with E-state index in [1.165, 1.54) is 6.92 Å². The van der Waals surface area contributed by atoms with Crippen LogP contribution in [0.25, 0.3) is 0 Å². The van der Waals surface area contributed by atoms with E-state index in [2.05, 4.69) is 0 Å². The van der Waals surface area contributed by atoms with Crippen molar-refractivity contribution in [2.45, 2.75) is 32.8 Å². The molecule has 1 heterocycles. The first-order valence-electron chi connectivity index (χ1n) is 7.72. The van der Waals surface area contributed by atoms with Crippen molar-refractivity contribution in [1.82, 2.24) is 0 Å². The molecule has 0 amide bonds. The van der Waals surface area contributed by atoms with Gasteiger partial charge in [0.2, 0.25) is 5.78 Å². The van der Waals surface area contributed by atoms with E-state index in [-0.39, 0.29) is 23.5 Å². The van der Waals surface area contributed by atoms with Crippen molar-refractivity contribution in [1.29, 1.82) is 5.26 Å². The predicted molar refractivity (Wildman–Crippen MR) is 88.8 cm³/mol. The maximum Gasteiger partial charge on any atom is 0.344 e. The third-order valence-electron chi connectivity index (χ3n) is 3.55. The lowest BCUT2D eigenvalue weighted by molar-refractivity contribution is -0.149. The molecular weight excluding hydrogens is 324 g/mol. The van der Waals surface area contributed by atoms with Gasteiger partial charge in [0, 0.05) is 17.7 Å². The molecule has 1 aliphatic rings. The van der Waals surface area contributed by atoms with Crippen LogP contribution in [0.15, 0.2) is 29.5 Å². The number of carbonyl (C=O) groups is 2. The summed E-state index contributed by atoms with van der Waals surface area (Å²) in [6, 6.07) is 7.15. The van der Waals surface area contributed by atoms with E-state index in [4.69, 9.17) is 25.2 Å². The zero-order valence-corrected chi connectivity index (χ0v) is 14.4. The van der Waals surface area contributed by atoms with E-state index in [1.54, 1.807) is 12.1 Å². The van der Waals surface area contributed by atoms with Gasteiger partial charge in [-0.1, -0.05) is 12.1 Å². The fourth-order valence-corrected chi connectivity index (χ4v) is 2.47. The number of carbonyl (C=O) groups excluding carboxylic acids is 2. The molecule has 0 fully saturated rings. The lowest BCUT2D eigenvalue weighted by Gasteiger charge is -2.18. The minimum absolute atomic E-state index is 0.0828. The molecule has 1 aliphatic heterocycles. The van der Waals surface area contributed by atoms with Crippen LogP contribution >= 0.6 is 0 Å². The Labute approximate surface area is 146 Å². The third kappa shape index (κ3) is 4.51. The smallest absolute Gasteiger partial charge is 0.344 e. The Morgan fingerprint density at radius 2 is 2.08 bits per heavy atom. The molecule has 7 nitrogen and oxygen atoms in total. The zero-order chi connectivity index (χ0) is 18.6.